The van der Waals surface area contributed by atoms with E-state index in [1.165, 1.54) is 53.3 Å². The van der Waals surface area contributed by atoms with Crippen LogP contribution in [0.25, 0.3) is 27.7 Å². The number of aryl methyl sites for hydroxylation is 2. The molecule has 0 spiro atoms. The van der Waals surface area contributed by atoms with Gasteiger partial charge in [-0.2, -0.15) is 0 Å². The van der Waals surface area contributed by atoms with Crippen LogP contribution in [0.2, 0.25) is 0 Å². The average Bonchev–Trinajstić information content (AvgIpc) is 2.99. The third-order valence-corrected chi connectivity index (χ3v) is 4.76. The number of fused-ring (bicyclic) bond motifs is 6. The van der Waals surface area contributed by atoms with Gasteiger partial charge >= 0.3 is 0 Å². The molecule has 0 saturated heterocycles. The van der Waals surface area contributed by atoms with E-state index in [1.807, 2.05) is 0 Å². The zero-order valence-corrected chi connectivity index (χ0v) is 14.5. The van der Waals surface area contributed by atoms with Gasteiger partial charge in [-0.3, -0.25) is 0 Å². The lowest BCUT2D eigenvalue weighted by Gasteiger charge is -2.18. The van der Waals surface area contributed by atoms with E-state index >= 15 is 0 Å². The van der Waals surface area contributed by atoms with E-state index in [0.717, 1.165) is 11.2 Å². The Labute approximate surface area is 154 Å². The number of aromatic nitrogens is 2. The van der Waals surface area contributed by atoms with E-state index in [0.29, 0.717) is 0 Å². The summed E-state index contributed by atoms with van der Waals surface area (Å²) < 4.78 is 2.25. The summed E-state index contributed by atoms with van der Waals surface area (Å²) in [5.41, 5.74) is 7.76. The van der Waals surface area contributed by atoms with Crippen molar-refractivity contribution in [2.75, 3.05) is 0 Å². The van der Waals surface area contributed by atoms with Gasteiger partial charge in [0.15, 0.2) is 0 Å². The van der Waals surface area contributed by atoms with Crippen molar-refractivity contribution in [2.45, 2.75) is 25.7 Å². The Hall–Kier alpha value is -3.23. The number of pyridine rings is 2. The van der Waals surface area contributed by atoms with Crippen molar-refractivity contribution in [3.8, 4) is 11.3 Å². The monoisotopic (exact) mass is 370 g/mol. The molecule has 0 saturated carbocycles. The minimum atomic E-state index is -1.75. The third kappa shape index (κ3) is 3.67. The minimum absolute atomic E-state index is 0. The molecule has 0 atom stereocenters. The van der Waals surface area contributed by atoms with Gasteiger partial charge in [-0.05, 0) is 55.0 Å². The van der Waals surface area contributed by atoms with E-state index in [-0.39, 0.29) is 11.0 Å². The predicted molar refractivity (Wildman–Crippen MR) is 104 cm³/mol. The first-order valence-corrected chi connectivity index (χ1v) is 8.26. The summed E-state index contributed by atoms with van der Waals surface area (Å²) in [5, 5.41) is 16.0. The molecular weight excluding hydrogens is 350 g/mol. The van der Waals surface area contributed by atoms with Gasteiger partial charge in [0.25, 0.3) is 0 Å². The molecule has 3 aliphatic rings. The molecule has 0 amide bonds. The lowest BCUT2D eigenvalue weighted by atomic mass is 9.92. The van der Waals surface area contributed by atoms with Gasteiger partial charge in [-0.25, -0.2) is 4.98 Å². The first-order chi connectivity index (χ1) is 12.1. The Kier molecular flexibility index (Phi) is 5.94. The van der Waals surface area contributed by atoms with Gasteiger partial charge < -0.3 is 30.7 Å². The normalized spacial score (nSPS) is 12.4. The number of hydrogen-bond acceptors (Lipinski definition) is 4. The van der Waals surface area contributed by atoms with Crippen molar-refractivity contribution in [3.63, 3.8) is 0 Å². The number of para-hydroxylation sites is 1. The van der Waals surface area contributed by atoms with Crippen LogP contribution in [0.3, 0.4) is 0 Å². The Morgan fingerprint density at radius 2 is 1.67 bits per heavy atom. The van der Waals surface area contributed by atoms with Crippen LogP contribution in [-0.2, 0) is 12.8 Å². The zero-order valence-electron chi connectivity index (χ0n) is 14.5. The molecule has 1 aromatic carbocycles. The Bertz CT molecular complexity index is 1060. The SMILES string of the molecule is O.O.O=[N+]([O-])[O-].c1ccc2c3ccn4cc5c(cc4c-3nc2c1)CCCC5. The van der Waals surface area contributed by atoms with Gasteiger partial charge in [0.05, 0.1) is 21.8 Å². The lowest BCUT2D eigenvalue weighted by molar-refractivity contribution is -0.402. The standard InChI is InChI=1S/C19H16N2.NO3.2H2O/c1-2-6-14-12-21-10-9-16-15-7-3-4-8-17(15)20-19(16)18(21)11-13(14)5-1;2-1(3)4;;/h3-4,7-12H,1-2,5-6H2;;2*1H2/q;-1;;. The molecule has 2 aliphatic heterocycles. The Balaban J connectivity index is 0.000000401. The number of rotatable bonds is 0. The molecule has 0 bridgehead atoms. The second-order valence-corrected chi connectivity index (χ2v) is 6.25. The van der Waals surface area contributed by atoms with Crippen molar-refractivity contribution in [1.82, 2.24) is 9.38 Å². The van der Waals surface area contributed by atoms with E-state index < -0.39 is 5.09 Å². The van der Waals surface area contributed by atoms with E-state index in [4.69, 9.17) is 20.3 Å². The summed E-state index contributed by atoms with van der Waals surface area (Å²) in [6, 6.07) is 13.0. The highest BCUT2D eigenvalue weighted by Gasteiger charge is 2.17. The van der Waals surface area contributed by atoms with Crippen molar-refractivity contribution in [3.05, 3.63) is 75.2 Å². The molecule has 5 rings (SSSR count). The van der Waals surface area contributed by atoms with Crippen molar-refractivity contribution < 1.29 is 16.0 Å². The second kappa shape index (κ2) is 7.98. The van der Waals surface area contributed by atoms with Crippen LogP contribution < -0.4 is 0 Å². The maximum Gasteiger partial charge on any atom is 0.0957 e. The molecule has 1 aromatic heterocycles. The summed E-state index contributed by atoms with van der Waals surface area (Å²) in [7, 11) is 0. The smallest absolute Gasteiger partial charge is 0.0957 e. The molecule has 0 unspecified atom stereocenters. The fraction of sp³-hybridized carbons (Fsp3) is 0.211. The molecular formula is C19H20N3O5-. The molecule has 1 aliphatic carbocycles. The summed E-state index contributed by atoms with van der Waals surface area (Å²) in [6.07, 6.45) is 9.55. The lowest BCUT2D eigenvalue weighted by Crippen LogP contribution is -2.05. The van der Waals surface area contributed by atoms with Crippen LogP contribution in [0.1, 0.15) is 24.0 Å². The zero-order chi connectivity index (χ0) is 17.4. The van der Waals surface area contributed by atoms with Crippen LogP contribution in [0.15, 0.2) is 48.8 Å². The van der Waals surface area contributed by atoms with Crippen LogP contribution in [-0.4, -0.2) is 25.4 Å². The molecule has 2 aromatic rings. The highest BCUT2D eigenvalue weighted by molar-refractivity contribution is 6.01. The molecule has 8 nitrogen and oxygen atoms in total. The predicted octanol–water partition coefficient (Wildman–Crippen LogP) is 2.58. The van der Waals surface area contributed by atoms with Gasteiger partial charge in [-0.15, -0.1) is 0 Å². The second-order valence-electron chi connectivity index (χ2n) is 6.25. The summed E-state index contributed by atoms with van der Waals surface area (Å²) in [6.45, 7) is 0. The topological polar surface area (TPSA) is 146 Å². The Morgan fingerprint density at radius 3 is 2.41 bits per heavy atom. The molecule has 142 valence electrons. The van der Waals surface area contributed by atoms with Crippen LogP contribution in [0, 0.1) is 15.3 Å². The largest absolute Gasteiger partial charge is 0.412 e. The molecule has 4 N–H and O–H groups in total. The maximum absolute atomic E-state index is 8.25. The van der Waals surface area contributed by atoms with Gasteiger partial charge in [0.2, 0.25) is 0 Å². The number of hydrogen-bond donors (Lipinski definition) is 0. The maximum atomic E-state index is 8.25. The fourth-order valence-electron chi connectivity index (χ4n) is 3.68. The van der Waals surface area contributed by atoms with E-state index in [1.54, 1.807) is 0 Å². The van der Waals surface area contributed by atoms with Crippen LogP contribution >= 0.6 is 0 Å². The summed E-state index contributed by atoms with van der Waals surface area (Å²) >= 11 is 0. The molecule has 0 fully saturated rings. The van der Waals surface area contributed by atoms with E-state index in [2.05, 4.69) is 53.2 Å². The molecule has 3 heterocycles. The van der Waals surface area contributed by atoms with E-state index in [9.17, 15) is 0 Å². The van der Waals surface area contributed by atoms with Gasteiger partial charge in [0.1, 0.15) is 0 Å². The van der Waals surface area contributed by atoms with Crippen LogP contribution in [0.5, 0.6) is 0 Å². The molecule has 27 heavy (non-hydrogen) atoms. The van der Waals surface area contributed by atoms with Crippen LogP contribution in [0.4, 0.5) is 0 Å². The first kappa shape index (κ1) is 20.1. The summed E-state index contributed by atoms with van der Waals surface area (Å²) in [4.78, 5) is 13.1. The third-order valence-electron chi connectivity index (χ3n) is 4.76. The average molecular weight is 370 g/mol. The number of nitrogens with zero attached hydrogens (tertiary/aromatic N) is 3. The van der Waals surface area contributed by atoms with Crippen molar-refractivity contribution in [1.29, 1.82) is 0 Å². The van der Waals surface area contributed by atoms with Gasteiger partial charge in [-0.1, -0.05) is 18.2 Å². The fourth-order valence-corrected chi connectivity index (χ4v) is 3.68. The Morgan fingerprint density at radius 1 is 1.00 bits per heavy atom. The minimum Gasteiger partial charge on any atom is -0.412 e. The highest BCUT2D eigenvalue weighted by Crippen LogP contribution is 2.35. The highest BCUT2D eigenvalue weighted by atomic mass is 16.9. The van der Waals surface area contributed by atoms with Crippen molar-refractivity contribution >= 4 is 16.4 Å². The molecule has 0 radical (unpaired) electrons. The van der Waals surface area contributed by atoms with Gasteiger partial charge in [0, 0.05) is 23.3 Å². The van der Waals surface area contributed by atoms with Crippen molar-refractivity contribution in [2.24, 2.45) is 0 Å². The first-order valence-electron chi connectivity index (χ1n) is 8.26. The summed E-state index contributed by atoms with van der Waals surface area (Å²) in [5.74, 6) is 0. The molecule has 8 heteroatoms. The quantitative estimate of drug-likeness (QED) is 0.345. The number of benzene rings is 1.